The molecule has 5 aliphatic carbocycles. The van der Waals surface area contributed by atoms with Crippen LogP contribution in [-0.2, 0) is 19.3 Å². The molecule has 0 radical (unpaired) electrons. The molecule has 0 spiro atoms. The molecule has 1 nitrogen and oxygen atoms in total. The molecule has 1 heteroatoms. The third-order valence-corrected chi connectivity index (χ3v) is 18.4. The van der Waals surface area contributed by atoms with Crippen LogP contribution >= 0.6 is 0 Å². The molecule has 0 N–H and O–H groups in total. The van der Waals surface area contributed by atoms with Gasteiger partial charge in [-0.2, -0.15) is 0 Å². The van der Waals surface area contributed by atoms with Gasteiger partial charge in [0.25, 0.3) is 0 Å². The van der Waals surface area contributed by atoms with Gasteiger partial charge in [0, 0.05) is 28.7 Å². The fraction of sp³-hybridized carbons (Fsp3) is 0.377. The second-order valence-corrected chi connectivity index (χ2v) is 21.8. The van der Waals surface area contributed by atoms with Crippen molar-refractivity contribution in [3.63, 3.8) is 0 Å². The number of rotatable bonds is 4. The largest absolute Gasteiger partial charge is 0.335 e. The molecule has 12 rings (SSSR count). The average molecular weight is 810 g/mol. The van der Waals surface area contributed by atoms with E-state index in [1.54, 1.807) is 11.1 Å². The van der Waals surface area contributed by atoms with Gasteiger partial charge in [0.1, 0.15) is 0 Å². The standard InChI is InChI=1S/C61H63N/c1-39-11-15-43(16-12-39)57-51-27-21-44(35-46(51)37-58(3)31-7-9-33-60(57,58)5)49-25-17-41-20-29-53-50(26-18-42-19-28-52(49)55(41)56(42)53)45-22-30-54-47(36-45)38-59(4)32-8-10-34-61(59,6)62(54)48-23-13-40(2)14-24-48/h11-19,21-30,35-36,50,57H,7-10,20,31-34,37-38H2,1-6H3. The second kappa shape index (κ2) is 13.7. The predicted octanol–water partition coefficient (Wildman–Crippen LogP) is 16.2. The number of hydrogen-bond acceptors (Lipinski definition) is 1. The van der Waals surface area contributed by atoms with Gasteiger partial charge in [-0.05, 0) is 172 Å². The van der Waals surface area contributed by atoms with Crippen LogP contribution in [0.1, 0.15) is 147 Å². The summed E-state index contributed by atoms with van der Waals surface area (Å²) < 4.78 is 0. The molecule has 2 saturated carbocycles. The minimum absolute atomic E-state index is 0.0902. The van der Waals surface area contributed by atoms with Crippen LogP contribution in [0.25, 0.3) is 33.5 Å². The minimum atomic E-state index is 0.0902. The van der Waals surface area contributed by atoms with Gasteiger partial charge in [0.15, 0.2) is 0 Å². The van der Waals surface area contributed by atoms with Gasteiger partial charge in [-0.3, -0.25) is 0 Å². The summed E-state index contributed by atoms with van der Waals surface area (Å²) >= 11 is 0. The lowest BCUT2D eigenvalue weighted by atomic mass is 9.46. The highest BCUT2D eigenvalue weighted by molar-refractivity contribution is 6.09. The number of fused-ring (bicyclic) bond motifs is 4. The molecule has 6 atom stereocenters. The highest BCUT2D eigenvalue weighted by Gasteiger charge is 2.55. The van der Waals surface area contributed by atoms with E-state index in [1.165, 1.54) is 141 Å². The fourth-order valence-corrected chi connectivity index (χ4v) is 14.4. The molecular formula is C61H63N. The van der Waals surface area contributed by atoms with E-state index in [-0.39, 0.29) is 27.7 Å². The first-order chi connectivity index (χ1) is 30.0. The SMILES string of the molecule is Cc1ccc(C2c3ccc(-c4ccc5c6c7c(ccc46)C=CC(c4ccc6c(c4)CC4(C)CCCCC4(C)N6c4ccc(C)cc4)C7=CC5)cc3CC3(C)CCCCC23C)cc1. The summed E-state index contributed by atoms with van der Waals surface area (Å²) in [5.74, 6) is 0.659. The van der Waals surface area contributed by atoms with Gasteiger partial charge < -0.3 is 4.90 Å². The van der Waals surface area contributed by atoms with Crippen molar-refractivity contribution in [2.75, 3.05) is 4.90 Å². The maximum Gasteiger partial charge on any atom is 0.0480 e. The van der Waals surface area contributed by atoms with E-state index in [2.05, 4.69) is 174 Å². The normalized spacial score (nSPS) is 29.3. The first-order valence-corrected chi connectivity index (χ1v) is 24.1. The topological polar surface area (TPSA) is 3.24 Å². The van der Waals surface area contributed by atoms with Crippen LogP contribution < -0.4 is 4.90 Å². The van der Waals surface area contributed by atoms with Crippen molar-refractivity contribution in [3.8, 4) is 11.1 Å². The van der Waals surface area contributed by atoms with Crippen LogP contribution in [-0.4, -0.2) is 5.54 Å². The van der Waals surface area contributed by atoms with Crippen LogP contribution in [0.3, 0.4) is 0 Å². The zero-order valence-electron chi connectivity index (χ0n) is 38.0. The fourth-order valence-electron chi connectivity index (χ4n) is 14.4. The van der Waals surface area contributed by atoms with Gasteiger partial charge in [-0.15, -0.1) is 0 Å². The predicted molar refractivity (Wildman–Crippen MR) is 263 cm³/mol. The van der Waals surface area contributed by atoms with E-state index in [1.807, 2.05) is 0 Å². The van der Waals surface area contributed by atoms with E-state index in [9.17, 15) is 0 Å². The Morgan fingerprint density at radius 3 is 2.11 bits per heavy atom. The van der Waals surface area contributed by atoms with Crippen molar-refractivity contribution in [3.05, 3.63) is 177 Å². The summed E-state index contributed by atoms with van der Waals surface area (Å²) in [4.78, 5) is 2.75. The van der Waals surface area contributed by atoms with Gasteiger partial charge in [0.05, 0.1) is 0 Å². The summed E-state index contributed by atoms with van der Waals surface area (Å²) in [6, 6.07) is 43.8. The Balaban J connectivity index is 0.941. The molecule has 0 saturated heterocycles. The maximum absolute atomic E-state index is 2.75. The molecule has 6 unspecified atom stereocenters. The van der Waals surface area contributed by atoms with Crippen molar-refractivity contribution in [1.29, 1.82) is 0 Å². The Kier molecular flexibility index (Phi) is 8.50. The molecule has 6 aromatic carbocycles. The summed E-state index contributed by atoms with van der Waals surface area (Å²) in [6.07, 6.45) is 21.3. The number of nitrogens with zero attached hydrogens (tertiary/aromatic N) is 1. The number of allylic oxidation sites excluding steroid dienone is 3. The number of benzene rings is 6. The van der Waals surface area contributed by atoms with E-state index in [4.69, 9.17) is 0 Å². The maximum atomic E-state index is 2.75. The van der Waals surface area contributed by atoms with Crippen molar-refractivity contribution in [2.24, 2.45) is 16.2 Å². The van der Waals surface area contributed by atoms with Gasteiger partial charge in [-0.1, -0.05) is 167 Å². The minimum Gasteiger partial charge on any atom is -0.335 e. The smallest absolute Gasteiger partial charge is 0.0480 e. The van der Waals surface area contributed by atoms with Crippen molar-refractivity contribution in [2.45, 2.75) is 130 Å². The van der Waals surface area contributed by atoms with E-state index < -0.39 is 0 Å². The highest BCUT2D eigenvalue weighted by atomic mass is 15.2. The zero-order chi connectivity index (χ0) is 42.2. The molecule has 6 aromatic rings. The molecular weight excluding hydrogens is 747 g/mol. The molecule has 6 aliphatic rings. The van der Waals surface area contributed by atoms with Crippen LogP contribution in [0.15, 0.2) is 121 Å². The Hall–Kier alpha value is -5.14. The molecule has 0 amide bonds. The summed E-state index contributed by atoms with van der Waals surface area (Å²) in [7, 11) is 0. The molecule has 312 valence electrons. The van der Waals surface area contributed by atoms with Gasteiger partial charge in [0.2, 0.25) is 0 Å². The Bertz CT molecular complexity index is 2870. The number of aryl methyl sites for hydroxylation is 2. The summed E-state index contributed by atoms with van der Waals surface area (Å²) in [5, 5.41) is 2.88. The second-order valence-electron chi connectivity index (χ2n) is 21.8. The third-order valence-electron chi connectivity index (χ3n) is 18.4. The van der Waals surface area contributed by atoms with Gasteiger partial charge >= 0.3 is 0 Å². The molecule has 1 heterocycles. The van der Waals surface area contributed by atoms with Crippen LogP contribution in [0, 0.1) is 30.1 Å². The Labute approximate surface area is 371 Å². The summed E-state index contributed by atoms with van der Waals surface area (Å²) in [6.45, 7) is 14.8. The molecule has 2 fully saturated rings. The van der Waals surface area contributed by atoms with Crippen LogP contribution in [0.5, 0.6) is 0 Å². The lowest BCUT2D eigenvalue weighted by Crippen LogP contribution is -2.60. The molecule has 1 aliphatic heterocycles. The third kappa shape index (κ3) is 5.45. The molecule has 0 aromatic heterocycles. The lowest BCUT2D eigenvalue weighted by Gasteiger charge is -2.60. The van der Waals surface area contributed by atoms with Crippen molar-refractivity contribution >= 4 is 33.8 Å². The van der Waals surface area contributed by atoms with E-state index in [0.29, 0.717) is 5.92 Å². The zero-order valence-corrected chi connectivity index (χ0v) is 38.0. The monoisotopic (exact) mass is 809 g/mol. The number of anilines is 2. The molecule has 62 heavy (non-hydrogen) atoms. The molecule has 0 bridgehead atoms. The average Bonchev–Trinajstić information content (AvgIpc) is 3.27. The van der Waals surface area contributed by atoms with Crippen molar-refractivity contribution < 1.29 is 0 Å². The Morgan fingerprint density at radius 2 is 1.31 bits per heavy atom. The van der Waals surface area contributed by atoms with E-state index in [0.717, 1.165) is 12.8 Å². The first-order valence-electron chi connectivity index (χ1n) is 24.1. The lowest BCUT2D eigenvalue weighted by molar-refractivity contribution is -0.00925. The van der Waals surface area contributed by atoms with Crippen LogP contribution in [0.2, 0.25) is 0 Å². The van der Waals surface area contributed by atoms with Crippen LogP contribution in [0.4, 0.5) is 11.4 Å². The Morgan fingerprint density at radius 1 is 0.597 bits per heavy atom. The number of hydrogen-bond donors (Lipinski definition) is 0. The van der Waals surface area contributed by atoms with Crippen molar-refractivity contribution in [1.82, 2.24) is 0 Å². The quantitative estimate of drug-likeness (QED) is 0.171. The van der Waals surface area contributed by atoms with Gasteiger partial charge in [-0.25, -0.2) is 0 Å². The van der Waals surface area contributed by atoms with E-state index >= 15 is 0 Å². The summed E-state index contributed by atoms with van der Waals surface area (Å²) in [5.41, 5.74) is 22.4. The highest BCUT2D eigenvalue weighted by Crippen LogP contribution is 2.65. The first kappa shape index (κ1) is 38.5.